The van der Waals surface area contributed by atoms with Gasteiger partial charge in [0.25, 0.3) is 0 Å². The maximum Gasteiger partial charge on any atom is -0.0443 e. The quantitative estimate of drug-likeness (QED) is 0.488. The molecule has 0 aliphatic heterocycles. The fourth-order valence-corrected chi connectivity index (χ4v) is 1.30. The van der Waals surface area contributed by atoms with Gasteiger partial charge in [-0.05, 0) is 11.8 Å². The predicted molar refractivity (Wildman–Crippen MR) is 59.5 cm³/mol. The van der Waals surface area contributed by atoms with Crippen molar-refractivity contribution in [3.63, 3.8) is 0 Å². The third-order valence-corrected chi connectivity index (χ3v) is 2.51. The molecule has 0 aromatic heterocycles. The van der Waals surface area contributed by atoms with Crippen LogP contribution in [0, 0.1) is 11.8 Å². The summed E-state index contributed by atoms with van der Waals surface area (Å²) in [7, 11) is 0. The molecule has 0 aromatic carbocycles. The van der Waals surface area contributed by atoms with Crippen LogP contribution in [-0.2, 0) is 0 Å². The van der Waals surface area contributed by atoms with Gasteiger partial charge in [-0.25, -0.2) is 0 Å². The smallest absolute Gasteiger partial charge is 0.0443 e. The molecule has 0 radical (unpaired) electrons. The minimum absolute atomic E-state index is 0. The van der Waals surface area contributed by atoms with Crippen molar-refractivity contribution in [3.05, 3.63) is 0 Å². The van der Waals surface area contributed by atoms with Crippen molar-refractivity contribution in [1.82, 2.24) is 0 Å². The first-order valence-corrected chi connectivity index (χ1v) is 4.79. The summed E-state index contributed by atoms with van der Waals surface area (Å²) in [5.41, 5.74) is 0. The molecule has 0 heterocycles. The van der Waals surface area contributed by atoms with Gasteiger partial charge in [-0.3, -0.25) is 0 Å². The van der Waals surface area contributed by atoms with Crippen LogP contribution in [0.2, 0.25) is 0 Å². The highest BCUT2D eigenvalue weighted by molar-refractivity contribution is 4.65. The van der Waals surface area contributed by atoms with Gasteiger partial charge in [-0.15, -0.1) is 0 Å². The molecule has 76 valence electrons. The van der Waals surface area contributed by atoms with E-state index in [4.69, 9.17) is 0 Å². The molecule has 2 saturated carbocycles. The Morgan fingerprint density at radius 2 is 1.00 bits per heavy atom. The summed E-state index contributed by atoms with van der Waals surface area (Å²) in [4.78, 5) is 0. The molecule has 0 saturated heterocycles. The van der Waals surface area contributed by atoms with E-state index in [1.165, 1.54) is 38.5 Å². The minimum atomic E-state index is 0. The summed E-state index contributed by atoms with van der Waals surface area (Å²) in [6, 6.07) is 0. The highest BCUT2D eigenvalue weighted by Crippen LogP contribution is 2.26. The van der Waals surface area contributed by atoms with Crippen molar-refractivity contribution in [2.75, 3.05) is 0 Å². The van der Waals surface area contributed by atoms with Gasteiger partial charge in [-0.2, -0.15) is 0 Å². The van der Waals surface area contributed by atoms with Crippen LogP contribution in [0.15, 0.2) is 0 Å². The van der Waals surface area contributed by atoms with Crippen LogP contribution in [0.1, 0.15) is 67.2 Å². The highest BCUT2D eigenvalue weighted by Gasteiger charge is 2.12. The molecule has 0 amide bonds. The SMILES string of the molecule is C.C.CC1CC1.CC1CCCC1. The molecule has 2 aliphatic carbocycles. The van der Waals surface area contributed by atoms with Crippen molar-refractivity contribution in [1.29, 1.82) is 0 Å². The molecule has 0 bridgehead atoms. The molecule has 2 fully saturated rings. The van der Waals surface area contributed by atoms with Crippen LogP contribution in [0.3, 0.4) is 0 Å². The van der Waals surface area contributed by atoms with E-state index >= 15 is 0 Å². The highest BCUT2D eigenvalue weighted by atomic mass is 14.2. The molecule has 0 spiro atoms. The Hall–Kier alpha value is 0. The van der Waals surface area contributed by atoms with Gasteiger partial charge in [0.1, 0.15) is 0 Å². The zero-order valence-corrected chi connectivity index (χ0v) is 7.40. The first-order valence-electron chi connectivity index (χ1n) is 4.79. The van der Waals surface area contributed by atoms with Gasteiger partial charge in [-0.1, -0.05) is 67.2 Å². The summed E-state index contributed by atoms with van der Waals surface area (Å²) in [6.45, 7) is 4.62. The van der Waals surface area contributed by atoms with Crippen molar-refractivity contribution >= 4 is 0 Å². The van der Waals surface area contributed by atoms with Gasteiger partial charge in [0.05, 0.1) is 0 Å². The second kappa shape index (κ2) is 7.64. The van der Waals surface area contributed by atoms with Crippen LogP contribution in [0.4, 0.5) is 0 Å². The Labute approximate surface area is 79.8 Å². The van der Waals surface area contributed by atoms with Crippen molar-refractivity contribution < 1.29 is 0 Å². The zero-order chi connectivity index (χ0) is 7.40. The van der Waals surface area contributed by atoms with E-state index in [0.717, 1.165) is 11.8 Å². The van der Waals surface area contributed by atoms with Gasteiger partial charge < -0.3 is 0 Å². The number of hydrogen-bond acceptors (Lipinski definition) is 0. The van der Waals surface area contributed by atoms with E-state index in [1.807, 2.05) is 0 Å². The summed E-state index contributed by atoms with van der Waals surface area (Å²) in [5, 5.41) is 0. The summed E-state index contributed by atoms with van der Waals surface area (Å²) < 4.78 is 0. The Bertz CT molecular complexity index is 76.0. The standard InChI is InChI=1S/C6H12.C4H8.2CH4/c1-6-4-2-3-5-6;1-4-2-3-4;;/h6H,2-5H2,1H3;4H,2-3H2,1H3;2*1H4. The van der Waals surface area contributed by atoms with Crippen molar-refractivity contribution in [2.24, 2.45) is 11.8 Å². The molecule has 0 unspecified atom stereocenters. The fraction of sp³-hybridized carbons (Fsp3) is 1.00. The average molecular weight is 172 g/mol. The number of rotatable bonds is 0. The first kappa shape index (κ1) is 14.5. The maximum atomic E-state index is 2.34. The molecule has 0 atom stereocenters. The lowest BCUT2D eigenvalue weighted by Gasteiger charge is -1.91. The van der Waals surface area contributed by atoms with Crippen molar-refractivity contribution in [2.45, 2.75) is 67.2 Å². The molecule has 0 nitrogen and oxygen atoms in total. The normalized spacial score (nSPS) is 21.5. The molecule has 0 aromatic rings. The van der Waals surface area contributed by atoms with Crippen molar-refractivity contribution in [3.8, 4) is 0 Å². The van der Waals surface area contributed by atoms with Crippen LogP contribution >= 0.6 is 0 Å². The Morgan fingerprint density at radius 1 is 0.667 bits per heavy atom. The van der Waals surface area contributed by atoms with Gasteiger partial charge in [0.2, 0.25) is 0 Å². The van der Waals surface area contributed by atoms with Crippen LogP contribution in [-0.4, -0.2) is 0 Å². The third-order valence-electron chi connectivity index (χ3n) is 2.51. The molecule has 0 heteroatoms. The average Bonchev–Trinajstić information content (AvgIpc) is 2.50. The van der Waals surface area contributed by atoms with Crippen LogP contribution in [0.25, 0.3) is 0 Å². The monoisotopic (exact) mass is 172 g/mol. The zero-order valence-electron chi connectivity index (χ0n) is 7.40. The Kier molecular flexibility index (Phi) is 9.24. The second-order valence-electron chi connectivity index (χ2n) is 4.07. The predicted octanol–water partition coefficient (Wildman–Crippen LogP) is 4.89. The lowest BCUT2D eigenvalue weighted by molar-refractivity contribution is 0.612. The molecule has 2 rings (SSSR count). The maximum absolute atomic E-state index is 2.34. The summed E-state index contributed by atoms with van der Waals surface area (Å²) >= 11 is 0. The Balaban J connectivity index is 0. The van der Waals surface area contributed by atoms with E-state index in [1.54, 1.807) is 0 Å². The molecule has 2 aliphatic rings. The van der Waals surface area contributed by atoms with Gasteiger partial charge in [0, 0.05) is 0 Å². The van der Waals surface area contributed by atoms with Crippen LogP contribution in [0.5, 0.6) is 0 Å². The Morgan fingerprint density at radius 3 is 1.08 bits per heavy atom. The van der Waals surface area contributed by atoms with E-state index in [2.05, 4.69) is 13.8 Å². The van der Waals surface area contributed by atoms with E-state index in [9.17, 15) is 0 Å². The lowest BCUT2D eigenvalue weighted by atomic mass is 10.2. The molecule has 12 heavy (non-hydrogen) atoms. The first-order chi connectivity index (χ1) is 4.79. The number of hydrogen-bond donors (Lipinski definition) is 0. The third kappa shape index (κ3) is 8.10. The molecular weight excluding hydrogens is 144 g/mol. The summed E-state index contributed by atoms with van der Waals surface area (Å²) in [6.07, 6.45) is 8.92. The molecule has 0 N–H and O–H groups in total. The van der Waals surface area contributed by atoms with E-state index in [-0.39, 0.29) is 14.9 Å². The largest absolute Gasteiger partial charge is 0.0776 e. The van der Waals surface area contributed by atoms with E-state index < -0.39 is 0 Å². The van der Waals surface area contributed by atoms with Gasteiger partial charge in [0.15, 0.2) is 0 Å². The van der Waals surface area contributed by atoms with Crippen LogP contribution < -0.4 is 0 Å². The van der Waals surface area contributed by atoms with Gasteiger partial charge >= 0.3 is 0 Å². The molecular formula is C12H28. The fourth-order valence-electron chi connectivity index (χ4n) is 1.30. The second-order valence-corrected chi connectivity index (χ2v) is 4.07. The summed E-state index contributed by atoms with van der Waals surface area (Å²) in [5.74, 6) is 2.13. The topological polar surface area (TPSA) is 0 Å². The van der Waals surface area contributed by atoms with E-state index in [0.29, 0.717) is 0 Å². The minimum Gasteiger partial charge on any atom is -0.0776 e. The lowest BCUT2D eigenvalue weighted by Crippen LogP contribution is -1.78.